The third-order valence-electron chi connectivity index (χ3n) is 4.80. The highest BCUT2D eigenvalue weighted by Gasteiger charge is 2.25. The first kappa shape index (κ1) is 18.3. The number of anilines is 1. The minimum absolute atomic E-state index is 0.0637. The zero-order valence-electron chi connectivity index (χ0n) is 15.6. The van der Waals surface area contributed by atoms with Crippen molar-refractivity contribution in [3.63, 3.8) is 0 Å². The average Bonchev–Trinajstić information content (AvgIpc) is 3.42. The summed E-state index contributed by atoms with van der Waals surface area (Å²) in [4.78, 5) is 14.3. The van der Waals surface area contributed by atoms with Crippen LogP contribution in [0.2, 0.25) is 0 Å². The quantitative estimate of drug-likeness (QED) is 0.733. The highest BCUT2D eigenvalue weighted by molar-refractivity contribution is 7.99. The van der Waals surface area contributed by atoms with Crippen molar-refractivity contribution in [3.8, 4) is 5.69 Å². The number of morpholine rings is 1. The van der Waals surface area contributed by atoms with E-state index in [1.807, 2.05) is 6.07 Å². The van der Waals surface area contributed by atoms with Gasteiger partial charge < -0.3 is 15.0 Å². The molecular formula is C19H25N5O2S. The lowest BCUT2D eigenvalue weighted by Gasteiger charge is -2.28. The first-order chi connectivity index (χ1) is 13.3. The maximum absolute atomic E-state index is 12.1. The van der Waals surface area contributed by atoms with Gasteiger partial charge in [0.25, 0.3) is 0 Å². The minimum Gasteiger partial charge on any atom is -0.378 e. The van der Waals surface area contributed by atoms with Gasteiger partial charge in [-0.25, -0.2) is 0 Å². The number of aromatic nitrogens is 3. The molecule has 0 radical (unpaired) electrons. The van der Waals surface area contributed by atoms with Gasteiger partial charge in [0.15, 0.2) is 5.16 Å². The van der Waals surface area contributed by atoms with Crippen LogP contribution in [0.25, 0.3) is 5.69 Å². The summed E-state index contributed by atoms with van der Waals surface area (Å²) in [6.45, 7) is 5.11. The number of amides is 1. The molecule has 7 nitrogen and oxygen atoms in total. The molecule has 27 heavy (non-hydrogen) atoms. The summed E-state index contributed by atoms with van der Waals surface area (Å²) in [7, 11) is 0. The van der Waals surface area contributed by atoms with Gasteiger partial charge in [0.1, 0.15) is 0 Å². The van der Waals surface area contributed by atoms with Gasteiger partial charge in [0.05, 0.1) is 24.7 Å². The van der Waals surface area contributed by atoms with E-state index in [9.17, 15) is 4.79 Å². The van der Waals surface area contributed by atoms with E-state index in [1.54, 1.807) is 0 Å². The fourth-order valence-corrected chi connectivity index (χ4v) is 3.94. The molecule has 1 N–H and O–H groups in total. The molecule has 2 heterocycles. The van der Waals surface area contributed by atoms with Crippen LogP contribution in [-0.2, 0) is 16.0 Å². The SMILES string of the molecule is CCc1ccccc1-n1c(SCC(=O)NC2CC2)nnc1N1CCOCC1. The number of nitrogens with one attached hydrogen (secondary N) is 1. The summed E-state index contributed by atoms with van der Waals surface area (Å²) in [5.74, 6) is 1.24. The molecule has 0 atom stereocenters. The molecule has 1 saturated carbocycles. The number of thioether (sulfide) groups is 1. The van der Waals surface area contributed by atoms with Crippen molar-refractivity contribution in [2.75, 3.05) is 37.0 Å². The number of aryl methyl sites for hydroxylation is 1. The van der Waals surface area contributed by atoms with E-state index in [1.165, 1.54) is 17.3 Å². The van der Waals surface area contributed by atoms with Crippen LogP contribution in [0.15, 0.2) is 29.4 Å². The molecule has 0 unspecified atom stereocenters. The predicted octanol–water partition coefficient (Wildman–Crippen LogP) is 2.04. The molecular weight excluding hydrogens is 362 g/mol. The first-order valence-corrected chi connectivity index (χ1v) is 10.5. The van der Waals surface area contributed by atoms with E-state index in [0.717, 1.165) is 49.1 Å². The molecule has 4 rings (SSSR count). The molecule has 2 aliphatic rings. The van der Waals surface area contributed by atoms with Crippen LogP contribution in [0.1, 0.15) is 25.3 Å². The molecule has 0 spiro atoms. The maximum atomic E-state index is 12.1. The highest BCUT2D eigenvalue weighted by atomic mass is 32.2. The van der Waals surface area contributed by atoms with Gasteiger partial charge in [-0.3, -0.25) is 9.36 Å². The number of hydrogen-bond acceptors (Lipinski definition) is 6. The Labute approximate surface area is 163 Å². The molecule has 1 aromatic heterocycles. The fourth-order valence-electron chi connectivity index (χ4n) is 3.19. The van der Waals surface area contributed by atoms with E-state index in [-0.39, 0.29) is 5.91 Å². The number of benzene rings is 1. The highest BCUT2D eigenvalue weighted by Crippen LogP contribution is 2.29. The lowest BCUT2D eigenvalue weighted by molar-refractivity contribution is -0.118. The fraction of sp³-hybridized carbons (Fsp3) is 0.526. The van der Waals surface area contributed by atoms with E-state index < -0.39 is 0 Å². The molecule has 2 fully saturated rings. The Balaban J connectivity index is 1.63. The number of carbonyl (C=O) groups excluding carboxylic acids is 1. The summed E-state index contributed by atoms with van der Waals surface area (Å²) in [6.07, 6.45) is 3.11. The van der Waals surface area contributed by atoms with Gasteiger partial charge in [-0.15, -0.1) is 10.2 Å². The van der Waals surface area contributed by atoms with Crippen molar-refractivity contribution in [2.24, 2.45) is 0 Å². The average molecular weight is 388 g/mol. The summed E-state index contributed by atoms with van der Waals surface area (Å²) in [5, 5.41) is 12.7. The van der Waals surface area contributed by atoms with Crippen LogP contribution in [0.3, 0.4) is 0 Å². The van der Waals surface area contributed by atoms with Gasteiger partial charge in [-0.2, -0.15) is 0 Å². The van der Waals surface area contributed by atoms with Crippen molar-refractivity contribution >= 4 is 23.6 Å². The smallest absolute Gasteiger partial charge is 0.232 e. The lowest BCUT2D eigenvalue weighted by atomic mass is 10.1. The molecule has 1 aliphatic heterocycles. The summed E-state index contributed by atoms with van der Waals surface area (Å²) >= 11 is 1.44. The molecule has 1 aliphatic carbocycles. The number of rotatable bonds is 7. The Kier molecular flexibility index (Phi) is 5.63. The molecule has 0 bridgehead atoms. The third-order valence-corrected chi connectivity index (χ3v) is 5.73. The van der Waals surface area contributed by atoms with E-state index in [4.69, 9.17) is 4.74 Å². The zero-order chi connectivity index (χ0) is 18.6. The zero-order valence-corrected chi connectivity index (χ0v) is 16.4. The number of hydrogen-bond donors (Lipinski definition) is 1. The Hall–Kier alpha value is -2.06. The molecule has 1 amide bonds. The van der Waals surface area contributed by atoms with Crippen LogP contribution >= 0.6 is 11.8 Å². The third kappa shape index (κ3) is 4.27. The molecule has 8 heteroatoms. The Morgan fingerprint density at radius 2 is 2.04 bits per heavy atom. The topological polar surface area (TPSA) is 72.3 Å². The van der Waals surface area contributed by atoms with Gasteiger partial charge in [0, 0.05) is 19.1 Å². The first-order valence-electron chi connectivity index (χ1n) is 9.55. The number of nitrogens with zero attached hydrogens (tertiary/aromatic N) is 4. The maximum Gasteiger partial charge on any atom is 0.232 e. The largest absolute Gasteiger partial charge is 0.378 e. The van der Waals surface area contributed by atoms with Crippen molar-refractivity contribution in [1.29, 1.82) is 0 Å². The monoisotopic (exact) mass is 387 g/mol. The van der Waals surface area contributed by atoms with Crippen LogP contribution in [0, 0.1) is 0 Å². The second-order valence-corrected chi connectivity index (χ2v) is 7.77. The van der Waals surface area contributed by atoms with Crippen molar-refractivity contribution < 1.29 is 9.53 Å². The van der Waals surface area contributed by atoms with Crippen LogP contribution in [0.5, 0.6) is 0 Å². The summed E-state index contributed by atoms with van der Waals surface area (Å²) in [5.41, 5.74) is 2.31. The normalized spacial score (nSPS) is 17.1. The van der Waals surface area contributed by atoms with Crippen molar-refractivity contribution in [2.45, 2.75) is 37.4 Å². The number of para-hydroxylation sites is 1. The Morgan fingerprint density at radius 3 is 2.78 bits per heavy atom. The van der Waals surface area contributed by atoms with Crippen LogP contribution < -0.4 is 10.2 Å². The lowest BCUT2D eigenvalue weighted by Crippen LogP contribution is -2.38. The number of ether oxygens (including phenoxy) is 1. The number of carbonyl (C=O) groups is 1. The minimum atomic E-state index is 0.0637. The van der Waals surface area contributed by atoms with Gasteiger partial charge >= 0.3 is 0 Å². The molecule has 2 aromatic rings. The second-order valence-electron chi connectivity index (χ2n) is 6.83. The van der Waals surface area contributed by atoms with Gasteiger partial charge in [-0.05, 0) is 30.9 Å². The van der Waals surface area contributed by atoms with Gasteiger partial charge in [0.2, 0.25) is 11.9 Å². The van der Waals surface area contributed by atoms with E-state index >= 15 is 0 Å². The van der Waals surface area contributed by atoms with Gasteiger partial charge in [-0.1, -0.05) is 36.9 Å². The molecule has 1 aromatic carbocycles. The van der Waals surface area contributed by atoms with Crippen molar-refractivity contribution in [3.05, 3.63) is 29.8 Å². The van der Waals surface area contributed by atoms with Crippen LogP contribution in [0.4, 0.5) is 5.95 Å². The van der Waals surface area contributed by atoms with Crippen molar-refractivity contribution in [1.82, 2.24) is 20.1 Å². The summed E-state index contributed by atoms with van der Waals surface area (Å²) < 4.78 is 7.58. The van der Waals surface area contributed by atoms with Crippen LogP contribution in [-0.4, -0.2) is 58.8 Å². The molecule has 144 valence electrons. The summed E-state index contributed by atoms with van der Waals surface area (Å²) in [6, 6.07) is 8.69. The van der Waals surface area contributed by atoms with E-state index in [0.29, 0.717) is 25.0 Å². The Bertz CT molecular complexity index is 799. The standard InChI is InChI=1S/C19H25N5O2S/c1-2-14-5-3-4-6-16(14)24-18(23-9-11-26-12-10-23)21-22-19(24)27-13-17(25)20-15-7-8-15/h3-6,15H,2,7-13H2,1H3,(H,20,25). The predicted molar refractivity (Wildman–Crippen MR) is 106 cm³/mol. The Morgan fingerprint density at radius 1 is 1.26 bits per heavy atom. The molecule has 1 saturated heterocycles. The second kappa shape index (κ2) is 8.31. The van der Waals surface area contributed by atoms with E-state index in [2.05, 4.69) is 50.1 Å².